The number of aliphatic hydroxyl groups is 1. The molecule has 0 spiro atoms. The lowest BCUT2D eigenvalue weighted by atomic mass is 9.94. The number of amides is 1. The molecule has 1 amide bonds. The molecule has 1 fully saturated rings. The quantitative estimate of drug-likeness (QED) is 0.189. The molecule has 0 radical (unpaired) electrons. The second-order valence-electron chi connectivity index (χ2n) is 8.68. The summed E-state index contributed by atoms with van der Waals surface area (Å²) in [5, 5.41) is 21.5. The lowest BCUT2D eigenvalue weighted by molar-refractivity contribution is -0.140. The molecule has 3 rings (SSSR count). The van der Waals surface area contributed by atoms with Gasteiger partial charge in [-0.05, 0) is 68.1 Å². The van der Waals surface area contributed by atoms with Crippen molar-refractivity contribution in [2.75, 3.05) is 33.5 Å². The number of aromatic hydroxyl groups is 1. The maximum Gasteiger partial charge on any atom is 0.295 e. The van der Waals surface area contributed by atoms with Crippen molar-refractivity contribution in [3.63, 3.8) is 0 Å². The van der Waals surface area contributed by atoms with Gasteiger partial charge in [0.1, 0.15) is 11.5 Å². The average molecular weight is 498 g/mol. The molecule has 2 aromatic rings. The topological polar surface area (TPSA) is 106 Å². The smallest absolute Gasteiger partial charge is 0.295 e. The number of hydrogen-bond donors (Lipinski definition) is 2. The molecule has 2 N–H and O–H groups in total. The molecular formula is C28H35NO7. The highest BCUT2D eigenvalue weighted by Gasteiger charge is 2.46. The lowest BCUT2D eigenvalue weighted by Crippen LogP contribution is -2.31. The van der Waals surface area contributed by atoms with Crippen molar-refractivity contribution < 1.29 is 34.0 Å². The minimum Gasteiger partial charge on any atom is -0.507 e. The van der Waals surface area contributed by atoms with Gasteiger partial charge >= 0.3 is 0 Å². The lowest BCUT2D eigenvalue weighted by Gasteiger charge is -2.26. The molecule has 0 aliphatic carbocycles. The van der Waals surface area contributed by atoms with Gasteiger partial charge in [-0.25, -0.2) is 0 Å². The second kappa shape index (κ2) is 12.4. The predicted octanol–water partition coefficient (Wildman–Crippen LogP) is 4.74. The number of likely N-dealkylation sites (tertiary alicyclic amines) is 1. The predicted molar refractivity (Wildman–Crippen MR) is 136 cm³/mol. The molecule has 36 heavy (non-hydrogen) atoms. The van der Waals surface area contributed by atoms with Crippen LogP contribution in [-0.2, 0) is 14.3 Å². The minimum atomic E-state index is -0.845. The Balaban J connectivity index is 2.08. The number of aliphatic hydroxyl groups excluding tert-OH is 1. The number of phenolic OH excluding ortho intramolecular Hbond substituents is 1. The van der Waals surface area contributed by atoms with Crippen molar-refractivity contribution in [2.45, 2.75) is 46.1 Å². The summed E-state index contributed by atoms with van der Waals surface area (Å²) in [4.78, 5) is 27.7. The largest absolute Gasteiger partial charge is 0.507 e. The fraction of sp³-hybridized carbons (Fsp3) is 0.429. The number of ether oxygens (including phenoxy) is 3. The Morgan fingerprint density at radius 1 is 1.00 bits per heavy atom. The SMILES string of the molecule is CCCCOc1ccc(C(O)=C2C(=O)C(=O)N(CCCOC)[C@@H]2c2ccc(O)c(OCC)c2)cc1C. The Hall–Kier alpha value is -3.52. The molecule has 8 heteroatoms. The summed E-state index contributed by atoms with van der Waals surface area (Å²) in [6, 6.07) is 9.03. The van der Waals surface area contributed by atoms with Crippen LogP contribution >= 0.6 is 0 Å². The van der Waals surface area contributed by atoms with E-state index in [0.717, 1.165) is 18.4 Å². The minimum absolute atomic E-state index is 0.00962. The molecule has 2 aromatic carbocycles. The van der Waals surface area contributed by atoms with Gasteiger partial charge in [0.15, 0.2) is 11.5 Å². The van der Waals surface area contributed by atoms with E-state index in [2.05, 4.69) is 6.92 Å². The van der Waals surface area contributed by atoms with Gasteiger partial charge in [-0.2, -0.15) is 0 Å². The van der Waals surface area contributed by atoms with Gasteiger partial charge in [-0.1, -0.05) is 19.4 Å². The summed E-state index contributed by atoms with van der Waals surface area (Å²) in [5.41, 5.74) is 1.76. The first-order valence-corrected chi connectivity index (χ1v) is 12.3. The zero-order valence-corrected chi connectivity index (χ0v) is 21.4. The number of rotatable bonds is 12. The molecule has 194 valence electrons. The standard InChI is InChI=1S/C28H35NO7/c1-5-7-15-36-22-12-10-20(16-18(22)3)26(31)24-25(19-9-11-21(30)23(17-19)35-6-2)29(13-8-14-34-4)28(33)27(24)32/h9-12,16-17,25,30-31H,5-8,13-15H2,1-4H3/t25-/m1/s1. The van der Waals surface area contributed by atoms with Crippen LogP contribution in [0.3, 0.4) is 0 Å². The number of aryl methyl sites for hydroxylation is 1. The first-order valence-electron chi connectivity index (χ1n) is 12.3. The molecule has 0 bridgehead atoms. The Bertz CT molecular complexity index is 1120. The van der Waals surface area contributed by atoms with Crippen molar-refractivity contribution in [1.29, 1.82) is 0 Å². The van der Waals surface area contributed by atoms with Gasteiger partial charge in [0.05, 0.1) is 24.8 Å². The van der Waals surface area contributed by atoms with Crippen LogP contribution in [-0.4, -0.2) is 60.3 Å². The summed E-state index contributed by atoms with van der Waals surface area (Å²) >= 11 is 0. The van der Waals surface area contributed by atoms with Crippen LogP contribution < -0.4 is 9.47 Å². The number of ketones is 1. The van der Waals surface area contributed by atoms with Crippen molar-refractivity contribution in [3.8, 4) is 17.2 Å². The molecule has 1 saturated heterocycles. The van der Waals surface area contributed by atoms with Gasteiger partial charge in [0.2, 0.25) is 0 Å². The van der Waals surface area contributed by atoms with Crippen LogP contribution in [0.25, 0.3) is 5.76 Å². The molecule has 1 heterocycles. The van der Waals surface area contributed by atoms with Crippen LogP contribution in [0.4, 0.5) is 0 Å². The first kappa shape index (κ1) is 27.1. The fourth-order valence-corrected chi connectivity index (χ4v) is 4.25. The van der Waals surface area contributed by atoms with Crippen molar-refractivity contribution in [1.82, 2.24) is 4.90 Å². The van der Waals surface area contributed by atoms with Crippen LogP contribution in [0.2, 0.25) is 0 Å². The summed E-state index contributed by atoms with van der Waals surface area (Å²) in [6.07, 6.45) is 2.47. The summed E-state index contributed by atoms with van der Waals surface area (Å²) in [5.74, 6) is -0.826. The highest BCUT2D eigenvalue weighted by Crippen LogP contribution is 2.42. The molecular weight excluding hydrogens is 462 g/mol. The van der Waals surface area contributed by atoms with Gasteiger partial charge in [-0.3, -0.25) is 9.59 Å². The average Bonchev–Trinajstić information content (AvgIpc) is 3.11. The fourth-order valence-electron chi connectivity index (χ4n) is 4.25. The number of hydrogen-bond acceptors (Lipinski definition) is 7. The van der Waals surface area contributed by atoms with E-state index in [1.165, 1.54) is 11.0 Å². The number of Topliss-reactive ketones (excluding diaryl/α,β-unsaturated/α-hetero) is 1. The Kier molecular flexibility index (Phi) is 9.36. The normalized spacial score (nSPS) is 17.0. The number of nitrogens with zero attached hydrogens (tertiary/aromatic N) is 1. The van der Waals surface area contributed by atoms with Crippen molar-refractivity contribution in [2.24, 2.45) is 0 Å². The summed E-state index contributed by atoms with van der Waals surface area (Å²) < 4.78 is 16.5. The maximum absolute atomic E-state index is 13.2. The van der Waals surface area contributed by atoms with E-state index in [4.69, 9.17) is 14.2 Å². The zero-order valence-electron chi connectivity index (χ0n) is 21.4. The van der Waals surface area contributed by atoms with E-state index in [0.29, 0.717) is 43.1 Å². The van der Waals surface area contributed by atoms with E-state index in [-0.39, 0.29) is 29.4 Å². The Labute approximate surface area is 212 Å². The molecule has 8 nitrogen and oxygen atoms in total. The number of unbranched alkanes of at least 4 members (excludes halogenated alkanes) is 1. The number of benzene rings is 2. The van der Waals surface area contributed by atoms with Crippen LogP contribution in [0.1, 0.15) is 55.8 Å². The van der Waals surface area contributed by atoms with Crippen molar-refractivity contribution >= 4 is 17.4 Å². The number of carbonyl (C=O) groups excluding carboxylic acids is 2. The first-order chi connectivity index (χ1) is 17.3. The van der Waals surface area contributed by atoms with E-state index in [9.17, 15) is 19.8 Å². The number of phenols is 1. The van der Waals surface area contributed by atoms with Gasteiger partial charge in [0, 0.05) is 25.8 Å². The van der Waals surface area contributed by atoms with E-state index >= 15 is 0 Å². The molecule has 1 aliphatic rings. The van der Waals surface area contributed by atoms with Crippen molar-refractivity contribution in [3.05, 3.63) is 58.7 Å². The third-order valence-corrected chi connectivity index (χ3v) is 6.09. The number of methoxy groups -OCH3 is 1. The van der Waals surface area contributed by atoms with E-state index in [1.807, 2.05) is 6.92 Å². The van der Waals surface area contributed by atoms with E-state index in [1.54, 1.807) is 44.4 Å². The monoisotopic (exact) mass is 497 g/mol. The van der Waals surface area contributed by atoms with Crippen LogP contribution in [0.5, 0.6) is 17.2 Å². The van der Waals surface area contributed by atoms with Gasteiger partial charge in [-0.15, -0.1) is 0 Å². The number of carbonyl (C=O) groups is 2. The molecule has 0 saturated carbocycles. The van der Waals surface area contributed by atoms with Gasteiger partial charge < -0.3 is 29.3 Å². The Morgan fingerprint density at radius 2 is 1.78 bits per heavy atom. The summed E-state index contributed by atoms with van der Waals surface area (Å²) in [6.45, 7) is 7.34. The molecule has 1 atom stereocenters. The molecule has 0 aromatic heterocycles. The van der Waals surface area contributed by atoms with Gasteiger partial charge in [0.25, 0.3) is 11.7 Å². The highest BCUT2D eigenvalue weighted by molar-refractivity contribution is 6.46. The highest BCUT2D eigenvalue weighted by atomic mass is 16.5. The maximum atomic E-state index is 13.2. The van der Waals surface area contributed by atoms with Crippen LogP contribution in [0.15, 0.2) is 42.0 Å². The molecule has 1 aliphatic heterocycles. The Morgan fingerprint density at radius 3 is 2.44 bits per heavy atom. The molecule has 0 unspecified atom stereocenters. The third-order valence-electron chi connectivity index (χ3n) is 6.09. The van der Waals surface area contributed by atoms with E-state index < -0.39 is 17.7 Å². The zero-order chi connectivity index (χ0) is 26.2. The second-order valence-corrected chi connectivity index (χ2v) is 8.68. The third kappa shape index (κ3) is 5.82. The summed E-state index contributed by atoms with van der Waals surface area (Å²) in [7, 11) is 1.57. The van der Waals surface area contributed by atoms with Crippen LogP contribution in [0, 0.1) is 6.92 Å².